The van der Waals surface area contributed by atoms with Crippen LogP contribution in [0.5, 0.6) is 0 Å². The van der Waals surface area contributed by atoms with Gasteiger partial charge in [-0.1, -0.05) is 53.6 Å². The van der Waals surface area contributed by atoms with Gasteiger partial charge in [0, 0.05) is 6.20 Å². The average molecular weight is 357 g/mol. The van der Waals surface area contributed by atoms with E-state index < -0.39 is 0 Å². The summed E-state index contributed by atoms with van der Waals surface area (Å²) in [6.07, 6.45) is 3.66. The molecular weight excluding hydrogens is 340 g/mol. The lowest BCUT2D eigenvalue weighted by Gasteiger charge is -2.10. The van der Waals surface area contributed by atoms with Gasteiger partial charge in [0.05, 0.1) is 29.1 Å². The van der Waals surface area contributed by atoms with E-state index in [0.717, 1.165) is 11.4 Å². The Bertz CT molecular complexity index is 842. The molecule has 4 nitrogen and oxygen atoms in total. The van der Waals surface area contributed by atoms with Gasteiger partial charge in [-0.05, 0) is 36.8 Å². The van der Waals surface area contributed by atoms with Gasteiger partial charge in [-0.15, -0.1) is 0 Å². The fourth-order valence-corrected chi connectivity index (χ4v) is 2.65. The summed E-state index contributed by atoms with van der Waals surface area (Å²) in [7, 11) is 0. The SMILES string of the molecule is Cc1ccc(Cn2cc(NC(=S)Nc3ccccc3Cl)cn2)cc1. The Hall–Kier alpha value is -2.37. The van der Waals surface area contributed by atoms with Crippen molar-refractivity contribution in [3.63, 3.8) is 0 Å². The predicted molar refractivity (Wildman–Crippen MR) is 104 cm³/mol. The van der Waals surface area contributed by atoms with Crippen molar-refractivity contribution in [2.75, 3.05) is 10.6 Å². The summed E-state index contributed by atoms with van der Waals surface area (Å²) in [6, 6.07) is 15.9. The molecule has 0 radical (unpaired) electrons. The molecule has 2 N–H and O–H groups in total. The van der Waals surface area contributed by atoms with Crippen LogP contribution in [0.15, 0.2) is 60.9 Å². The molecule has 0 unspecified atom stereocenters. The molecule has 0 atom stereocenters. The van der Waals surface area contributed by atoms with Crippen molar-refractivity contribution in [3.8, 4) is 0 Å². The molecule has 0 fully saturated rings. The first kappa shape index (κ1) is 16.5. The van der Waals surface area contributed by atoms with Crippen LogP contribution in [-0.2, 0) is 6.54 Å². The molecule has 122 valence electrons. The van der Waals surface area contributed by atoms with Crippen molar-refractivity contribution in [1.82, 2.24) is 9.78 Å². The average Bonchev–Trinajstić information content (AvgIpc) is 2.99. The maximum Gasteiger partial charge on any atom is 0.175 e. The van der Waals surface area contributed by atoms with Gasteiger partial charge >= 0.3 is 0 Å². The van der Waals surface area contributed by atoms with E-state index in [1.54, 1.807) is 6.20 Å². The fraction of sp³-hybridized carbons (Fsp3) is 0.111. The third kappa shape index (κ3) is 4.34. The van der Waals surface area contributed by atoms with E-state index in [2.05, 4.69) is 46.9 Å². The number of hydrogen-bond donors (Lipinski definition) is 2. The minimum absolute atomic E-state index is 0.470. The van der Waals surface area contributed by atoms with Gasteiger partial charge in [-0.3, -0.25) is 4.68 Å². The third-order valence-corrected chi connectivity index (χ3v) is 4.01. The molecule has 6 heteroatoms. The number of anilines is 2. The lowest BCUT2D eigenvalue weighted by Crippen LogP contribution is -2.18. The van der Waals surface area contributed by atoms with Crippen molar-refractivity contribution in [2.45, 2.75) is 13.5 Å². The molecule has 0 saturated heterocycles. The van der Waals surface area contributed by atoms with Crippen LogP contribution in [-0.4, -0.2) is 14.9 Å². The second kappa shape index (κ2) is 7.47. The Morgan fingerprint density at radius 1 is 1.12 bits per heavy atom. The van der Waals surface area contributed by atoms with Crippen LogP contribution in [0.3, 0.4) is 0 Å². The Kier molecular flexibility index (Phi) is 5.13. The van der Waals surface area contributed by atoms with Crippen molar-refractivity contribution >= 4 is 40.3 Å². The van der Waals surface area contributed by atoms with Gasteiger partial charge in [0.15, 0.2) is 5.11 Å². The highest BCUT2D eigenvalue weighted by Crippen LogP contribution is 2.20. The topological polar surface area (TPSA) is 41.9 Å². The number of benzene rings is 2. The van der Waals surface area contributed by atoms with Crippen LogP contribution in [0.4, 0.5) is 11.4 Å². The summed E-state index contributed by atoms with van der Waals surface area (Å²) in [5.41, 5.74) is 4.04. The summed E-state index contributed by atoms with van der Waals surface area (Å²) in [6.45, 7) is 2.79. The number of hydrogen-bond acceptors (Lipinski definition) is 2. The maximum absolute atomic E-state index is 6.11. The molecule has 1 heterocycles. The molecule has 2 aromatic carbocycles. The summed E-state index contributed by atoms with van der Waals surface area (Å²) in [5, 5.41) is 11.6. The van der Waals surface area contributed by atoms with E-state index in [1.165, 1.54) is 11.1 Å². The Morgan fingerprint density at radius 3 is 2.62 bits per heavy atom. The molecule has 3 rings (SSSR count). The zero-order valence-corrected chi connectivity index (χ0v) is 14.7. The number of nitrogens with one attached hydrogen (secondary N) is 2. The molecule has 0 saturated carbocycles. The second-order valence-corrected chi connectivity index (χ2v) is 6.29. The van der Waals surface area contributed by atoms with E-state index in [1.807, 2.05) is 35.1 Å². The lowest BCUT2D eigenvalue weighted by atomic mass is 10.1. The number of halogens is 1. The number of aryl methyl sites for hydroxylation is 1. The number of aromatic nitrogens is 2. The summed E-state index contributed by atoms with van der Waals surface area (Å²) >= 11 is 11.4. The van der Waals surface area contributed by atoms with Crippen LogP contribution in [0, 0.1) is 6.92 Å². The van der Waals surface area contributed by atoms with Crippen LogP contribution < -0.4 is 10.6 Å². The predicted octanol–water partition coefficient (Wildman–Crippen LogP) is 4.70. The fourth-order valence-electron chi connectivity index (χ4n) is 2.24. The summed E-state index contributed by atoms with van der Waals surface area (Å²) < 4.78 is 1.87. The Morgan fingerprint density at radius 2 is 1.88 bits per heavy atom. The first-order valence-electron chi connectivity index (χ1n) is 7.51. The van der Waals surface area contributed by atoms with Gasteiger partial charge in [-0.25, -0.2) is 0 Å². The van der Waals surface area contributed by atoms with Crippen molar-refractivity contribution in [2.24, 2.45) is 0 Å². The van der Waals surface area contributed by atoms with Gasteiger partial charge in [-0.2, -0.15) is 5.10 Å². The highest BCUT2D eigenvalue weighted by Gasteiger charge is 2.04. The van der Waals surface area contributed by atoms with Crippen molar-refractivity contribution in [3.05, 3.63) is 77.1 Å². The van der Waals surface area contributed by atoms with Gasteiger partial charge in [0.1, 0.15) is 0 Å². The molecule has 1 aromatic heterocycles. The van der Waals surface area contributed by atoms with Crippen LogP contribution >= 0.6 is 23.8 Å². The van der Waals surface area contributed by atoms with E-state index in [-0.39, 0.29) is 0 Å². The number of rotatable bonds is 4. The molecule has 3 aromatic rings. The zero-order valence-electron chi connectivity index (χ0n) is 13.2. The van der Waals surface area contributed by atoms with Crippen LogP contribution in [0.2, 0.25) is 5.02 Å². The normalized spacial score (nSPS) is 10.4. The number of thiocarbonyl (C=S) groups is 1. The highest BCUT2D eigenvalue weighted by atomic mass is 35.5. The van der Waals surface area contributed by atoms with Gasteiger partial charge < -0.3 is 10.6 Å². The maximum atomic E-state index is 6.11. The minimum atomic E-state index is 0.470. The quantitative estimate of drug-likeness (QED) is 0.665. The van der Waals surface area contributed by atoms with Crippen molar-refractivity contribution in [1.29, 1.82) is 0 Å². The van der Waals surface area contributed by atoms with Gasteiger partial charge in [0.2, 0.25) is 0 Å². The first-order valence-corrected chi connectivity index (χ1v) is 8.29. The first-order chi connectivity index (χ1) is 11.6. The number of para-hydroxylation sites is 1. The Labute approximate surface area is 151 Å². The molecule has 0 aliphatic carbocycles. The van der Waals surface area contributed by atoms with Crippen molar-refractivity contribution < 1.29 is 0 Å². The van der Waals surface area contributed by atoms with Crippen LogP contribution in [0.1, 0.15) is 11.1 Å². The molecule has 0 aliphatic heterocycles. The molecule has 0 spiro atoms. The van der Waals surface area contributed by atoms with E-state index in [0.29, 0.717) is 16.7 Å². The van der Waals surface area contributed by atoms with E-state index in [4.69, 9.17) is 23.8 Å². The molecule has 0 amide bonds. The van der Waals surface area contributed by atoms with E-state index in [9.17, 15) is 0 Å². The Balaban J connectivity index is 1.60. The minimum Gasteiger partial charge on any atom is -0.331 e. The smallest absolute Gasteiger partial charge is 0.175 e. The van der Waals surface area contributed by atoms with Crippen LogP contribution in [0.25, 0.3) is 0 Å². The third-order valence-electron chi connectivity index (χ3n) is 3.48. The highest BCUT2D eigenvalue weighted by molar-refractivity contribution is 7.80. The molecule has 0 bridgehead atoms. The lowest BCUT2D eigenvalue weighted by molar-refractivity contribution is 0.687. The van der Waals surface area contributed by atoms with Gasteiger partial charge in [0.25, 0.3) is 0 Å². The molecular formula is C18H17ClN4S. The van der Waals surface area contributed by atoms with E-state index >= 15 is 0 Å². The molecule has 24 heavy (non-hydrogen) atoms. The largest absolute Gasteiger partial charge is 0.331 e. The second-order valence-electron chi connectivity index (χ2n) is 5.47. The standard InChI is InChI=1S/C18H17ClN4S/c1-13-6-8-14(9-7-13)11-23-12-15(10-20-23)21-18(24)22-17-5-3-2-4-16(17)19/h2-10,12H,11H2,1H3,(H2,21,22,24). The molecule has 0 aliphatic rings. The monoisotopic (exact) mass is 356 g/mol. The number of nitrogens with zero attached hydrogens (tertiary/aromatic N) is 2. The summed E-state index contributed by atoms with van der Waals surface area (Å²) in [4.78, 5) is 0. The zero-order chi connectivity index (χ0) is 16.9. The summed E-state index contributed by atoms with van der Waals surface area (Å²) in [5.74, 6) is 0.